The third-order valence-corrected chi connectivity index (χ3v) is 1.74. The molecule has 0 spiro atoms. The van der Waals surface area contributed by atoms with Crippen molar-refractivity contribution in [2.75, 3.05) is 26.2 Å². The Morgan fingerprint density at radius 1 is 1.73 bits per heavy atom. The van der Waals surface area contributed by atoms with Gasteiger partial charge in [-0.3, -0.25) is 4.79 Å². The number of aliphatic hydroxyl groups excluding tert-OH is 1. The summed E-state index contributed by atoms with van der Waals surface area (Å²) in [6.07, 6.45) is -0.471. The van der Waals surface area contributed by atoms with E-state index >= 15 is 0 Å². The second-order valence-electron chi connectivity index (χ2n) is 2.75. The number of hydrogen-bond acceptors (Lipinski definition) is 2. The quantitative estimate of drug-likeness (QED) is 0.481. The van der Waals surface area contributed by atoms with Crippen LogP contribution >= 0.6 is 0 Å². The number of carbonyl (C=O) groups excluding carboxylic acids is 1. The minimum Gasteiger partial charge on any atom is -0.390 e. The van der Waals surface area contributed by atoms with Crippen molar-refractivity contribution < 1.29 is 9.90 Å². The molecule has 11 heavy (non-hydrogen) atoms. The van der Waals surface area contributed by atoms with Gasteiger partial charge in [0.25, 0.3) is 0 Å². The normalized spacial score (nSPS) is 26.4. The fourth-order valence-electron chi connectivity index (χ4n) is 1.12. The van der Waals surface area contributed by atoms with Gasteiger partial charge in [-0.15, -0.1) is 0 Å². The largest absolute Gasteiger partial charge is 0.390 e. The number of carbonyl (C=O) groups is 1. The molecule has 1 N–H and O–H groups in total. The SMILES string of the molecule is CC(=O)N1CC[N]CC(O)C1. The number of β-amino-alcohol motifs (C(OH)–C–C–N with tert-alkyl or cyclic N) is 1. The van der Waals surface area contributed by atoms with E-state index in [0.717, 1.165) is 0 Å². The van der Waals surface area contributed by atoms with E-state index in [4.69, 9.17) is 0 Å². The maximum atomic E-state index is 10.9. The molecular weight excluding hydrogens is 144 g/mol. The van der Waals surface area contributed by atoms with E-state index in [1.807, 2.05) is 0 Å². The third-order valence-electron chi connectivity index (χ3n) is 1.74. The fraction of sp³-hybridized carbons (Fsp3) is 0.857. The molecule has 0 aromatic heterocycles. The van der Waals surface area contributed by atoms with E-state index in [2.05, 4.69) is 5.32 Å². The summed E-state index contributed by atoms with van der Waals surface area (Å²) in [4.78, 5) is 12.5. The zero-order chi connectivity index (χ0) is 8.27. The lowest BCUT2D eigenvalue weighted by molar-refractivity contribution is -0.129. The predicted octanol–water partition coefficient (Wildman–Crippen LogP) is -1.19. The van der Waals surface area contributed by atoms with Crippen LogP contribution in [-0.4, -0.2) is 48.2 Å². The van der Waals surface area contributed by atoms with Crippen LogP contribution in [0.15, 0.2) is 0 Å². The maximum absolute atomic E-state index is 10.9. The second-order valence-corrected chi connectivity index (χ2v) is 2.75. The summed E-state index contributed by atoms with van der Waals surface area (Å²) in [6.45, 7) is 3.70. The van der Waals surface area contributed by atoms with Crippen molar-refractivity contribution in [2.45, 2.75) is 13.0 Å². The van der Waals surface area contributed by atoms with Gasteiger partial charge in [0.2, 0.25) is 5.91 Å². The molecule has 4 nitrogen and oxygen atoms in total. The number of aliphatic hydroxyl groups is 1. The average molecular weight is 157 g/mol. The Morgan fingerprint density at radius 3 is 3.09 bits per heavy atom. The van der Waals surface area contributed by atoms with Crippen LogP contribution in [-0.2, 0) is 4.79 Å². The molecule has 1 heterocycles. The molecule has 0 bridgehead atoms. The minimum absolute atomic E-state index is 0.0150. The number of rotatable bonds is 0. The molecule has 1 aliphatic heterocycles. The van der Waals surface area contributed by atoms with Gasteiger partial charge in [-0.25, -0.2) is 5.32 Å². The molecule has 1 fully saturated rings. The summed E-state index contributed by atoms with van der Waals surface area (Å²) in [5, 5.41) is 13.3. The topological polar surface area (TPSA) is 54.6 Å². The third kappa shape index (κ3) is 2.48. The number of hydrogen-bond donors (Lipinski definition) is 1. The zero-order valence-corrected chi connectivity index (χ0v) is 6.66. The first-order chi connectivity index (χ1) is 5.20. The molecule has 1 atom stereocenters. The average Bonchev–Trinajstić information content (AvgIpc) is 2.13. The molecular formula is C7H13N2O2. The highest BCUT2D eigenvalue weighted by molar-refractivity contribution is 5.73. The first-order valence-electron chi connectivity index (χ1n) is 3.77. The van der Waals surface area contributed by atoms with E-state index in [1.54, 1.807) is 4.90 Å². The molecule has 0 aromatic rings. The lowest BCUT2D eigenvalue weighted by Crippen LogP contribution is -2.36. The standard InChI is InChI=1S/C7H13N2O2/c1-6(10)9-3-2-8-4-7(11)5-9/h7,11H,2-5H2,1H3. The molecule has 0 saturated carbocycles. The van der Waals surface area contributed by atoms with Gasteiger partial charge in [-0.2, -0.15) is 0 Å². The van der Waals surface area contributed by atoms with Crippen LogP contribution in [0.25, 0.3) is 0 Å². The predicted molar refractivity (Wildman–Crippen MR) is 40.1 cm³/mol. The summed E-state index contributed by atoms with van der Waals surface area (Å²) >= 11 is 0. The van der Waals surface area contributed by atoms with Crippen molar-refractivity contribution in [1.29, 1.82) is 0 Å². The summed E-state index contributed by atoms with van der Waals surface area (Å²) < 4.78 is 0. The van der Waals surface area contributed by atoms with Crippen LogP contribution in [0.5, 0.6) is 0 Å². The molecule has 0 aromatic carbocycles. The van der Waals surface area contributed by atoms with Crippen molar-refractivity contribution in [3.8, 4) is 0 Å². The Morgan fingerprint density at radius 2 is 2.45 bits per heavy atom. The van der Waals surface area contributed by atoms with Gasteiger partial charge in [0.05, 0.1) is 6.10 Å². The van der Waals surface area contributed by atoms with Crippen molar-refractivity contribution in [2.24, 2.45) is 0 Å². The van der Waals surface area contributed by atoms with Gasteiger partial charge in [0.15, 0.2) is 0 Å². The monoisotopic (exact) mass is 157 g/mol. The molecule has 1 rings (SSSR count). The molecule has 1 unspecified atom stereocenters. The summed E-state index contributed by atoms with van der Waals surface area (Å²) in [5.74, 6) is 0.0150. The number of amides is 1. The second kappa shape index (κ2) is 3.69. The van der Waals surface area contributed by atoms with E-state index in [9.17, 15) is 9.90 Å². The summed E-state index contributed by atoms with van der Waals surface area (Å²) in [6, 6.07) is 0. The highest BCUT2D eigenvalue weighted by Gasteiger charge is 2.17. The number of nitrogens with zero attached hydrogens (tertiary/aromatic N) is 2. The van der Waals surface area contributed by atoms with Gasteiger partial charge >= 0.3 is 0 Å². The van der Waals surface area contributed by atoms with Gasteiger partial charge < -0.3 is 10.0 Å². The molecule has 0 aliphatic carbocycles. The molecule has 4 heteroatoms. The Kier molecular flexibility index (Phi) is 2.84. The fourth-order valence-corrected chi connectivity index (χ4v) is 1.12. The van der Waals surface area contributed by atoms with Gasteiger partial charge in [-0.05, 0) is 0 Å². The van der Waals surface area contributed by atoms with Crippen molar-refractivity contribution in [1.82, 2.24) is 10.2 Å². The van der Waals surface area contributed by atoms with Crippen LogP contribution < -0.4 is 5.32 Å². The highest BCUT2D eigenvalue weighted by atomic mass is 16.3. The van der Waals surface area contributed by atoms with E-state index in [-0.39, 0.29) is 5.91 Å². The molecule has 63 valence electrons. The Balaban J connectivity index is 2.45. The van der Waals surface area contributed by atoms with Crippen LogP contribution in [0, 0.1) is 0 Å². The lowest BCUT2D eigenvalue weighted by Gasteiger charge is -2.19. The van der Waals surface area contributed by atoms with Crippen LogP contribution in [0.1, 0.15) is 6.92 Å². The van der Waals surface area contributed by atoms with E-state index < -0.39 is 6.10 Å². The first-order valence-corrected chi connectivity index (χ1v) is 3.77. The Bertz CT molecular complexity index is 149. The van der Waals surface area contributed by atoms with Crippen LogP contribution in [0.2, 0.25) is 0 Å². The lowest BCUT2D eigenvalue weighted by atomic mass is 10.3. The molecule has 1 aliphatic rings. The Labute approximate surface area is 66.2 Å². The van der Waals surface area contributed by atoms with E-state index in [1.165, 1.54) is 6.92 Å². The molecule has 1 saturated heterocycles. The van der Waals surface area contributed by atoms with Gasteiger partial charge in [-0.1, -0.05) is 0 Å². The van der Waals surface area contributed by atoms with Crippen LogP contribution in [0.4, 0.5) is 0 Å². The Hall–Kier alpha value is -0.610. The first kappa shape index (κ1) is 8.49. The van der Waals surface area contributed by atoms with Crippen LogP contribution in [0.3, 0.4) is 0 Å². The van der Waals surface area contributed by atoms with Crippen molar-refractivity contribution >= 4 is 5.91 Å². The maximum Gasteiger partial charge on any atom is 0.219 e. The summed E-state index contributed by atoms with van der Waals surface area (Å²) in [7, 11) is 0. The zero-order valence-electron chi connectivity index (χ0n) is 6.66. The van der Waals surface area contributed by atoms with E-state index in [0.29, 0.717) is 26.2 Å². The molecule has 1 radical (unpaired) electrons. The summed E-state index contributed by atoms with van der Waals surface area (Å²) in [5.41, 5.74) is 0. The van der Waals surface area contributed by atoms with Gasteiger partial charge in [0, 0.05) is 33.1 Å². The van der Waals surface area contributed by atoms with Gasteiger partial charge in [0.1, 0.15) is 0 Å². The molecule has 1 amide bonds. The minimum atomic E-state index is -0.471. The highest BCUT2D eigenvalue weighted by Crippen LogP contribution is 1.96. The smallest absolute Gasteiger partial charge is 0.219 e. The van der Waals surface area contributed by atoms with Crippen molar-refractivity contribution in [3.05, 3.63) is 0 Å². The van der Waals surface area contributed by atoms with Crippen molar-refractivity contribution in [3.63, 3.8) is 0 Å².